The molecule has 0 saturated heterocycles. The van der Waals surface area contributed by atoms with Crippen LogP contribution >= 0.6 is 25.3 Å². The van der Waals surface area contributed by atoms with E-state index >= 15 is 0 Å². The minimum absolute atomic E-state index is 0.913. The third kappa shape index (κ3) is 5.50. The first-order chi connectivity index (χ1) is 14.7. The Morgan fingerprint density at radius 2 is 0.767 bits per heavy atom. The Morgan fingerprint density at radius 3 is 1.10 bits per heavy atom. The average molecular weight is 425 g/mol. The van der Waals surface area contributed by atoms with Crippen LogP contribution in [0.1, 0.15) is 11.1 Å². The lowest BCUT2D eigenvalue weighted by molar-refractivity contribution is 1.43. The van der Waals surface area contributed by atoms with Crippen LogP contribution in [0.5, 0.6) is 0 Å². The fourth-order valence-electron chi connectivity index (χ4n) is 2.90. The maximum absolute atomic E-state index is 4.50. The zero-order chi connectivity index (χ0) is 20.8. The van der Waals surface area contributed by atoms with Gasteiger partial charge in [0.15, 0.2) is 0 Å². The van der Waals surface area contributed by atoms with Crippen LogP contribution in [0.3, 0.4) is 0 Å². The summed E-state index contributed by atoms with van der Waals surface area (Å²) in [6, 6.07) is 32.3. The highest BCUT2D eigenvalue weighted by Gasteiger charge is 1.98. The van der Waals surface area contributed by atoms with E-state index in [1.54, 1.807) is 0 Å². The van der Waals surface area contributed by atoms with E-state index in [1.807, 2.05) is 61.0 Å². The van der Waals surface area contributed by atoms with Gasteiger partial charge in [0.1, 0.15) is 0 Å². The van der Waals surface area contributed by atoms with Crippen LogP contribution in [0.4, 0.5) is 11.4 Å². The first kappa shape index (κ1) is 20.2. The summed E-state index contributed by atoms with van der Waals surface area (Å²) in [6.07, 6.45) is 3.74. The van der Waals surface area contributed by atoms with Crippen molar-refractivity contribution in [1.29, 1.82) is 0 Å². The van der Waals surface area contributed by atoms with E-state index in [0.717, 1.165) is 32.3 Å². The van der Waals surface area contributed by atoms with Gasteiger partial charge in [0.05, 0.1) is 11.4 Å². The highest BCUT2D eigenvalue weighted by molar-refractivity contribution is 7.80. The van der Waals surface area contributed by atoms with Gasteiger partial charge in [0, 0.05) is 22.2 Å². The van der Waals surface area contributed by atoms with Crippen LogP contribution in [0.2, 0.25) is 0 Å². The van der Waals surface area contributed by atoms with E-state index in [9.17, 15) is 0 Å². The van der Waals surface area contributed by atoms with Gasteiger partial charge in [-0.3, -0.25) is 9.98 Å². The molecular formula is C26H20N2S2. The van der Waals surface area contributed by atoms with Crippen molar-refractivity contribution in [3.05, 3.63) is 108 Å². The van der Waals surface area contributed by atoms with Crippen LogP contribution in [-0.4, -0.2) is 12.4 Å². The second-order valence-corrected chi connectivity index (χ2v) is 7.83. The summed E-state index contributed by atoms with van der Waals surface area (Å²) in [4.78, 5) is 10.9. The molecule has 0 heterocycles. The predicted octanol–water partition coefficient (Wildman–Crippen LogP) is 7.43. The first-order valence-corrected chi connectivity index (χ1v) is 10.4. The third-order valence-electron chi connectivity index (χ3n) is 4.58. The lowest BCUT2D eigenvalue weighted by atomic mass is 10.0. The van der Waals surface area contributed by atoms with E-state index in [4.69, 9.17) is 0 Å². The average Bonchev–Trinajstić information content (AvgIpc) is 2.79. The lowest BCUT2D eigenvalue weighted by Crippen LogP contribution is -1.84. The fourth-order valence-corrected chi connectivity index (χ4v) is 3.20. The molecule has 0 bridgehead atoms. The Labute approximate surface area is 187 Å². The van der Waals surface area contributed by atoms with Crippen molar-refractivity contribution in [1.82, 2.24) is 0 Å². The topological polar surface area (TPSA) is 24.7 Å². The Hall–Kier alpha value is -3.08. The van der Waals surface area contributed by atoms with Crippen molar-refractivity contribution >= 4 is 49.1 Å². The molecule has 0 spiro atoms. The molecule has 0 saturated carbocycles. The zero-order valence-electron chi connectivity index (χ0n) is 16.2. The van der Waals surface area contributed by atoms with Gasteiger partial charge in [-0.2, -0.15) is 0 Å². The van der Waals surface area contributed by atoms with Crippen LogP contribution in [0, 0.1) is 0 Å². The molecule has 4 rings (SSSR count). The molecule has 0 unspecified atom stereocenters. The molecule has 2 nitrogen and oxygen atoms in total. The molecule has 4 heteroatoms. The molecule has 0 fully saturated rings. The first-order valence-electron chi connectivity index (χ1n) is 9.52. The summed E-state index contributed by atoms with van der Waals surface area (Å²) < 4.78 is 0. The quantitative estimate of drug-likeness (QED) is 0.246. The lowest BCUT2D eigenvalue weighted by Gasteiger charge is -2.03. The third-order valence-corrected chi connectivity index (χ3v) is 5.18. The van der Waals surface area contributed by atoms with E-state index in [2.05, 4.69) is 83.8 Å². The van der Waals surface area contributed by atoms with E-state index < -0.39 is 0 Å². The smallest absolute Gasteiger partial charge is 0.0630 e. The highest BCUT2D eigenvalue weighted by atomic mass is 32.1. The molecule has 0 radical (unpaired) electrons. The van der Waals surface area contributed by atoms with Crippen molar-refractivity contribution < 1.29 is 0 Å². The van der Waals surface area contributed by atoms with Crippen molar-refractivity contribution in [2.45, 2.75) is 9.79 Å². The van der Waals surface area contributed by atoms with Gasteiger partial charge in [-0.25, -0.2) is 0 Å². The molecule has 146 valence electrons. The van der Waals surface area contributed by atoms with Crippen molar-refractivity contribution in [3.63, 3.8) is 0 Å². The molecule has 0 amide bonds. The van der Waals surface area contributed by atoms with Gasteiger partial charge >= 0.3 is 0 Å². The number of aliphatic imine (C=N–C) groups is 2. The molecule has 4 aromatic rings. The van der Waals surface area contributed by atoms with Gasteiger partial charge in [0.2, 0.25) is 0 Å². The molecular weight excluding hydrogens is 404 g/mol. The second kappa shape index (κ2) is 9.61. The summed E-state index contributed by atoms with van der Waals surface area (Å²) in [5.41, 5.74) is 6.28. The summed E-state index contributed by atoms with van der Waals surface area (Å²) in [7, 11) is 0. The predicted molar refractivity (Wildman–Crippen MR) is 134 cm³/mol. The summed E-state index contributed by atoms with van der Waals surface area (Å²) in [5, 5.41) is 0. The van der Waals surface area contributed by atoms with E-state index in [1.165, 1.54) is 11.1 Å². The summed E-state index contributed by atoms with van der Waals surface area (Å²) >= 11 is 8.58. The van der Waals surface area contributed by atoms with Gasteiger partial charge in [-0.05, 0) is 70.8 Å². The molecule has 0 aliphatic rings. The van der Waals surface area contributed by atoms with Crippen LogP contribution in [0.15, 0.2) is 117 Å². The number of hydrogen-bond acceptors (Lipinski definition) is 4. The van der Waals surface area contributed by atoms with Crippen LogP contribution in [0.25, 0.3) is 11.1 Å². The Bertz CT molecular complexity index is 1060. The minimum atomic E-state index is 0.913. The van der Waals surface area contributed by atoms with Crippen molar-refractivity contribution in [2.24, 2.45) is 9.98 Å². The number of benzene rings is 4. The van der Waals surface area contributed by atoms with Gasteiger partial charge in [0.25, 0.3) is 0 Å². The van der Waals surface area contributed by atoms with E-state index in [0.29, 0.717) is 0 Å². The van der Waals surface area contributed by atoms with E-state index in [-0.39, 0.29) is 0 Å². The van der Waals surface area contributed by atoms with Gasteiger partial charge in [-0.15, -0.1) is 25.3 Å². The molecule has 30 heavy (non-hydrogen) atoms. The largest absolute Gasteiger partial charge is 0.256 e. The molecule has 0 atom stereocenters. The fraction of sp³-hybridized carbons (Fsp3) is 0. The van der Waals surface area contributed by atoms with Crippen LogP contribution in [-0.2, 0) is 0 Å². The zero-order valence-corrected chi connectivity index (χ0v) is 18.0. The minimum Gasteiger partial charge on any atom is -0.256 e. The van der Waals surface area contributed by atoms with Crippen molar-refractivity contribution in [2.75, 3.05) is 0 Å². The second-order valence-electron chi connectivity index (χ2n) is 6.79. The Morgan fingerprint density at radius 1 is 0.433 bits per heavy atom. The SMILES string of the molecule is Sc1ccc(N=Cc2ccc(-c3ccc(C=Nc4ccc(S)cc4)cc3)cc2)cc1. The Balaban J connectivity index is 1.42. The number of rotatable bonds is 5. The number of hydrogen-bond donors (Lipinski definition) is 2. The maximum atomic E-state index is 4.50. The monoisotopic (exact) mass is 424 g/mol. The molecule has 0 N–H and O–H groups in total. The Kier molecular flexibility index (Phi) is 6.47. The maximum Gasteiger partial charge on any atom is 0.0630 e. The van der Waals surface area contributed by atoms with Gasteiger partial charge in [-0.1, -0.05) is 48.5 Å². The molecule has 4 aromatic carbocycles. The summed E-state index contributed by atoms with van der Waals surface area (Å²) in [6.45, 7) is 0. The number of thiol groups is 2. The standard InChI is InChI=1S/C26H20N2S2/c29-25-13-9-23(10-14-25)27-17-19-1-5-21(6-2-19)22-7-3-20(4-8-22)18-28-24-11-15-26(30)16-12-24/h1-18,29-30H. The van der Waals surface area contributed by atoms with Gasteiger partial charge < -0.3 is 0 Å². The molecule has 0 aliphatic carbocycles. The normalized spacial score (nSPS) is 11.4. The molecule has 0 aliphatic heterocycles. The summed E-state index contributed by atoms with van der Waals surface area (Å²) in [5.74, 6) is 0. The molecule has 0 aromatic heterocycles. The number of nitrogens with zero attached hydrogens (tertiary/aromatic N) is 2. The highest BCUT2D eigenvalue weighted by Crippen LogP contribution is 2.21. The van der Waals surface area contributed by atoms with Crippen LogP contribution < -0.4 is 0 Å². The van der Waals surface area contributed by atoms with Crippen molar-refractivity contribution in [3.8, 4) is 11.1 Å².